The monoisotopic (exact) mass is 291 g/mol. The van der Waals surface area contributed by atoms with Gasteiger partial charge in [-0.15, -0.1) is 10.2 Å². The molecular formula is C15H13N7. The van der Waals surface area contributed by atoms with Gasteiger partial charge in [0, 0.05) is 0 Å². The van der Waals surface area contributed by atoms with Crippen molar-refractivity contribution >= 4 is 10.8 Å². The summed E-state index contributed by atoms with van der Waals surface area (Å²) >= 11 is 0. The second-order valence-electron chi connectivity index (χ2n) is 5.05. The van der Waals surface area contributed by atoms with Gasteiger partial charge in [0.25, 0.3) is 0 Å². The van der Waals surface area contributed by atoms with Gasteiger partial charge in [0.1, 0.15) is 12.0 Å². The highest BCUT2D eigenvalue weighted by Crippen LogP contribution is 2.19. The van der Waals surface area contributed by atoms with Gasteiger partial charge in [-0.25, -0.2) is 9.36 Å². The minimum atomic E-state index is 0.516. The Bertz CT molecular complexity index is 890. The Morgan fingerprint density at radius 3 is 2.68 bits per heavy atom. The van der Waals surface area contributed by atoms with Crippen molar-refractivity contribution in [2.75, 3.05) is 0 Å². The Labute approximate surface area is 126 Å². The molecule has 2 aromatic heterocycles. The van der Waals surface area contributed by atoms with Crippen LogP contribution in [-0.4, -0.2) is 35.2 Å². The van der Waals surface area contributed by atoms with Crippen molar-refractivity contribution in [3.05, 3.63) is 66.2 Å². The fraction of sp³-hybridized carbons (Fsp3) is 0.133. The molecule has 4 aromatic rings. The van der Waals surface area contributed by atoms with Crippen molar-refractivity contribution in [1.82, 2.24) is 35.2 Å². The predicted octanol–water partition coefficient (Wildman–Crippen LogP) is 1.51. The van der Waals surface area contributed by atoms with E-state index in [2.05, 4.69) is 62.2 Å². The number of benzene rings is 2. The maximum Gasteiger partial charge on any atom is 0.138 e. The van der Waals surface area contributed by atoms with Crippen molar-refractivity contribution in [2.24, 2.45) is 0 Å². The van der Waals surface area contributed by atoms with Crippen LogP contribution in [0.3, 0.4) is 0 Å². The van der Waals surface area contributed by atoms with Crippen molar-refractivity contribution in [3.8, 4) is 0 Å². The molecule has 0 radical (unpaired) electrons. The quantitative estimate of drug-likeness (QED) is 0.570. The van der Waals surface area contributed by atoms with Crippen LogP contribution in [0.1, 0.15) is 11.3 Å². The topological polar surface area (TPSA) is 74.3 Å². The van der Waals surface area contributed by atoms with E-state index in [0.29, 0.717) is 13.1 Å². The first-order chi connectivity index (χ1) is 10.9. The van der Waals surface area contributed by atoms with E-state index >= 15 is 0 Å². The minimum absolute atomic E-state index is 0.516. The van der Waals surface area contributed by atoms with Gasteiger partial charge in [-0.1, -0.05) is 47.7 Å². The van der Waals surface area contributed by atoms with Gasteiger partial charge in [0.15, 0.2) is 0 Å². The lowest BCUT2D eigenvalue weighted by molar-refractivity contribution is 0.632. The molecular weight excluding hydrogens is 278 g/mol. The van der Waals surface area contributed by atoms with Gasteiger partial charge in [0.05, 0.1) is 19.3 Å². The van der Waals surface area contributed by atoms with Crippen LogP contribution in [0.2, 0.25) is 0 Å². The molecule has 0 aliphatic carbocycles. The maximum absolute atomic E-state index is 4.18. The molecule has 0 bridgehead atoms. The van der Waals surface area contributed by atoms with Gasteiger partial charge in [-0.05, 0) is 26.8 Å². The third kappa shape index (κ3) is 2.44. The Balaban J connectivity index is 1.59. The van der Waals surface area contributed by atoms with Crippen LogP contribution in [0, 0.1) is 0 Å². The van der Waals surface area contributed by atoms with Crippen molar-refractivity contribution < 1.29 is 0 Å². The molecule has 0 aliphatic rings. The molecule has 0 atom stereocenters. The Hall–Kier alpha value is -3.09. The van der Waals surface area contributed by atoms with Crippen LogP contribution < -0.4 is 0 Å². The first-order valence-electron chi connectivity index (χ1n) is 6.95. The van der Waals surface area contributed by atoms with Crippen LogP contribution in [0.5, 0.6) is 0 Å². The van der Waals surface area contributed by atoms with Gasteiger partial charge >= 0.3 is 0 Å². The highest BCUT2D eigenvalue weighted by molar-refractivity contribution is 5.85. The molecule has 7 heteroatoms. The van der Waals surface area contributed by atoms with Gasteiger partial charge in [0.2, 0.25) is 0 Å². The summed E-state index contributed by atoms with van der Waals surface area (Å²) in [5.41, 5.74) is 2.05. The normalized spacial score (nSPS) is 11.1. The zero-order valence-electron chi connectivity index (χ0n) is 11.7. The molecule has 0 spiro atoms. The standard InChI is InChI=1S/C15H13N7/c1-2-7-15-12(4-1)5-3-6-13(15)8-21-9-14(17-19-21)10-22-11-16-18-20-22/h1-7,9,11H,8,10H2. The molecule has 0 saturated carbocycles. The van der Waals surface area contributed by atoms with Gasteiger partial charge < -0.3 is 0 Å². The van der Waals surface area contributed by atoms with E-state index < -0.39 is 0 Å². The molecule has 0 fully saturated rings. The third-order valence-electron chi connectivity index (χ3n) is 3.51. The van der Waals surface area contributed by atoms with E-state index in [4.69, 9.17) is 0 Å². The number of tetrazole rings is 1. The predicted molar refractivity (Wildman–Crippen MR) is 80.0 cm³/mol. The summed E-state index contributed by atoms with van der Waals surface area (Å²) in [5, 5.41) is 21.8. The van der Waals surface area contributed by atoms with Crippen LogP contribution in [-0.2, 0) is 13.1 Å². The fourth-order valence-electron chi connectivity index (χ4n) is 2.51. The largest absolute Gasteiger partial charge is 0.248 e. The number of aromatic nitrogens is 7. The number of hydrogen-bond acceptors (Lipinski definition) is 5. The van der Waals surface area contributed by atoms with Crippen LogP contribution in [0.25, 0.3) is 10.8 Å². The zero-order chi connectivity index (χ0) is 14.8. The van der Waals surface area contributed by atoms with E-state index in [1.807, 2.05) is 16.9 Å². The summed E-state index contributed by atoms with van der Waals surface area (Å²) in [4.78, 5) is 0. The van der Waals surface area contributed by atoms with E-state index in [1.54, 1.807) is 11.0 Å². The highest BCUT2D eigenvalue weighted by atomic mass is 15.5. The summed E-state index contributed by atoms with van der Waals surface area (Å²) in [6.07, 6.45) is 3.48. The molecule has 7 nitrogen and oxygen atoms in total. The van der Waals surface area contributed by atoms with Gasteiger partial charge in [-0.2, -0.15) is 0 Å². The van der Waals surface area contributed by atoms with Gasteiger partial charge in [-0.3, -0.25) is 0 Å². The lowest BCUT2D eigenvalue weighted by Crippen LogP contribution is -2.01. The summed E-state index contributed by atoms with van der Waals surface area (Å²) in [7, 11) is 0. The molecule has 108 valence electrons. The number of fused-ring (bicyclic) bond motifs is 1. The van der Waals surface area contributed by atoms with Crippen molar-refractivity contribution in [2.45, 2.75) is 13.1 Å². The molecule has 2 heterocycles. The Morgan fingerprint density at radius 1 is 0.864 bits per heavy atom. The second-order valence-corrected chi connectivity index (χ2v) is 5.05. The summed E-state index contributed by atoms with van der Waals surface area (Å²) in [6, 6.07) is 14.6. The van der Waals surface area contributed by atoms with E-state index in [0.717, 1.165) is 5.69 Å². The zero-order valence-corrected chi connectivity index (χ0v) is 11.7. The molecule has 0 saturated heterocycles. The van der Waals surface area contributed by atoms with Crippen LogP contribution in [0.4, 0.5) is 0 Å². The lowest BCUT2D eigenvalue weighted by atomic mass is 10.0. The third-order valence-corrected chi connectivity index (χ3v) is 3.51. The Morgan fingerprint density at radius 2 is 1.77 bits per heavy atom. The number of hydrogen-bond donors (Lipinski definition) is 0. The molecule has 2 aromatic carbocycles. The highest BCUT2D eigenvalue weighted by Gasteiger charge is 2.05. The average Bonchev–Trinajstić information content (AvgIpc) is 3.20. The Kier molecular flexibility index (Phi) is 3.08. The SMILES string of the molecule is c1ccc2c(Cn3cc(Cn4cnnn4)nn3)cccc2c1. The molecule has 0 unspecified atom stereocenters. The number of nitrogens with zero attached hydrogens (tertiary/aromatic N) is 7. The van der Waals surface area contributed by atoms with Crippen molar-refractivity contribution in [1.29, 1.82) is 0 Å². The second kappa shape index (κ2) is 5.36. The summed E-state index contributed by atoms with van der Waals surface area (Å²) < 4.78 is 3.45. The molecule has 0 N–H and O–H groups in total. The van der Waals surface area contributed by atoms with E-state index in [9.17, 15) is 0 Å². The average molecular weight is 291 g/mol. The molecule has 0 amide bonds. The van der Waals surface area contributed by atoms with E-state index in [-0.39, 0.29) is 0 Å². The lowest BCUT2D eigenvalue weighted by Gasteiger charge is -2.05. The fourth-order valence-corrected chi connectivity index (χ4v) is 2.51. The summed E-state index contributed by atoms with van der Waals surface area (Å²) in [6.45, 7) is 1.20. The first-order valence-corrected chi connectivity index (χ1v) is 6.95. The van der Waals surface area contributed by atoms with Crippen molar-refractivity contribution in [3.63, 3.8) is 0 Å². The molecule has 4 rings (SSSR count). The number of rotatable bonds is 4. The molecule has 0 aliphatic heterocycles. The van der Waals surface area contributed by atoms with Crippen LogP contribution in [0.15, 0.2) is 55.0 Å². The summed E-state index contributed by atoms with van der Waals surface area (Å²) in [5.74, 6) is 0. The maximum atomic E-state index is 4.18. The van der Waals surface area contributed by atoms with E-state index in [1.165, 1.54) is 16.3 Å². The van der Waals surface area contributed by atoms with Crippen LogP contribution >= 0.6 is 0 Å². The smallest absolute Gasteiger partial charge is 0.138 e. The molecule has 22 heavy (non-hydrogen) atoms. The minimum Gasteiger partial charge on any atom is -0.248 e. The first kappa shape index (κ1) is 12.6.